The lowest BCUT2D eigenvalue weighted by atomic mass is 10.0. The lowest BCUT2D eigenvalue weighted by Crippen LogP contribution is -2.43. The summed E-state index contributed by atoms with van der Waals surface area (Å²) >= 11 is 6.25. The summed E-state index contributed by atoms with van der Waals surface area (Å²) in [5.41, 5.74) is 1.50. The quantitative estimate of drug-likeness (QED) is 0.631. The zero-order chi connectivity index (χ0) is 21.6. The largest absolute Gasteiger partial charge is 0.452 e. The van der Waals surface area contributed by atoms with E-state index >= 15 is 0 Å². The normalized spacial score (nSPS) is 11.9. The van der Waals surface area contributed by atoms with E-state index in [0.29, 0.717) is 24.6 Å². The molecule has 156 valence electrons. The summed E-state index contributed by atoms with van der Waals surface area (Å²) in [7, 11) is 0. The van der Waals surface area contributed by atoms with Gasteiger partial charge in [0.2, 0.25) is 0 Å². The van der Waals surface area contributed by atoms with Crippen molar-refractivity contribution in [2.45, 2.75) is 46.7 Å². The van der Waals surface area contributed by atoms with Crippen LogP contribution >= 0.6 is 11.6 Å². The van der Waals surface area contributed by atoms with Crippen LogP contribution in [0.3, 0.4) is 0 Å². The first kappa shape index (κ1) is 22.6. The van der Waals surface area contributed by atoms with Gasteiger partial charge < -0.3 is 10.1 Å². The molecule has 1 atom stereocenters. The molecule has 1 aromatic heterocycles. The van der Waals surface area contributed by atoms with E-state index in [-0.39, 0.29) is 16.5 Å². The first-order valence-corrected chi connectivity index (χ1v) is 9.80. The van der Waals surface area contributed by atoms with Crippen LogP contribution in [0.2, 0.25) is 5.15 Å². The molecule has 0 bridgehead atoms. The maximum atomic E-state index is 12.4. The number of benzene rings is 1. The average Bonchev–Trinajstić information content (AvgIpc) is 2.92. The summed E-state index contributed by atoms with van der Waals surface area (Å²) in [5.74, 6) is -1.16. The molecule has 8 heteroatoms. The second-order valence-electron chi connectivity index (χ2n) is 7.32. The number of Topliss-reactive ketones (excluding diaryl/α,β-unsaturated/α-hetero) is 1. The van der Waals surface area contributed by atoms with Crippen LogP contribution < -0.4 is 5.32 Å². The molecule has 1 heterocycles. The van der Waals surface area contributed by atoms with Crippen molar-refractivity contribution >= 4 is 29.3 Å². The van der Waals surface area contributed by atoms with Gasteiger partial charge in [-0.15, -0.1) is 0 Å². The number of carbonyl (C=O) groups excluding carboxylic acids is 3. The molecule has 0 unspecified atom stereocenters. The van der Waals surface area contributed by atoms with Crippen molar-refractivity contribution in [2.75, 3.05) is 6.61 Å². The van der Waals surface area contributed by atoms with E-state index in [0.717, 1.165) is 5.56 Å². The number of rotatable bonds is 9. The Labute approximate surface area is 175 Å². The number of hydrogen-bond donors (Lipinski definition) is 1. The van der Waals surface area contributed by atoms with Gasteiger partial charge in [0.05, 0.1) is 11.7 Å². The van der Waals surface area contributed by atoms with Crippen molar-refractivity contribution in [1.29, 1.82) is 0 Å². The van der Waals surface area contributed by atoms with E-state index < -0.39 is 24.5 Å². The van der Waals surface area contributed by atoms with Gasteiger partial charge in [-0.1, -0.05) is 55.8 Å². The van der Waals surface area contributed by atoms with E-state index in [4.69, 9.17) is 16.3 Å². The highest BCUT2D eigenvalue weighted by Crippen LogP contribution is 2.21. The van der Waals surface area contributed by atoms with Crippen molar-refractivity contribution in [2.24, 2.45) is 5.92 Å². The average molecular weight is 420 g/mol. The third kappa shape index (κ3) is 6.42. The van der Waals surface area contributed by atoms with Crippen LogP contribution in [-0.2, 0) is 27.3 Å². The molecule has 0 aliphatic rings. The SMILES string of the molecule is CC(=O)[C@@H](Cc1ccccc1)NC(=O)COC(=O)c1c(C)nn(CC(C)C)c1Cl. The molecule has 0 fully saturated rings. The fourth-order valence-corrected chi connectivity index (χ4v) is 3.16. The van der Waals surface area contributed by atoms with Gasteiger partial charge in [0.15, 0.2) is 12.4 Å². The van der Waals surface area contributed by atoms with Crippen LogP contribution in [0, 0.1) is 12.8 Å². The summed E-state index contributed by atoms with van der Waals surface area (Å²) in [6.45, 7) is 7.14. The standard InChI is InChI=1S/C21H26ClN3O4/c1-13(2)11-25-20(22)19(14(3)24-25)21(28)29-12-18(27)23-17(15(4)26)10-16-8-6-5-7-9-16/h5-9,13,17H,10-12H2,1-4H3,(H,23,27)/t17-/m1/s1. The van der Waals surface area contributed by atoms with Crippen molar-refractivity contribution < 1.29 is 19.1 Å². The number of hydrogen-bond acceptors (Lipinski definition) is 5. The molecule has 0 saturated carbocycles. The van der Waals surface area contributed by atoms with Crippen molar-refractivity contribution in [3.05, 3.63) is 52.3 Å². The number of halogens is 1. The van der Waals surface area contributed by atoms with Crippen LogP contribution in [0.4, 0.5) is 0 Å². The molecule has 1 aromatic carbocycles. The molecule has 0 spiro atoms. The number of ether oxygens (including phenoxy) is 1. The van der Waals surface area contributed by atoms with Crippen LogP contribution in [0.25, 0.3) is 0 Å². The highest BCUT2D eigenvalue weighted by atomic mass is 35.5. The van der Waals surface area contributed by atoms with Gasteiger partial charge in [0, 0.05) is 6.54 Å². The third-order valence-electron chi connectivity index (χ3n) is 4.25. The Hall–Kier alpha value is -2.67. The summed E-state index contributed by atoms with van der Waals surface area (Å²) in [6, 6.07) is 8.66. The molecule has 0 aliphatic heterocycles. The molecule has 0 aliphatic carbocycles. The number of esters is 1. The molecule has 7 nitrogen and oxygen atoms in total. The summed E-state index contributed by atoms with van der Waals surface area (Å²) in [5, 5.41) is 7.06. The number of nitrogens with one attached hydrogen (secondary N) is 1. The highest BCUT2D eigenvalue weighted by molar-refractivity contribution is 6.32. The molecule has 1 amide bonds. The fourth-order valence-electron chi connectivity index (χ4n) is 2.84. The van der Waals surface area contributed by atoms with E-state index in [1.165, 1.54) is 6.92 Å². The molecular weight excluding hydrogens is 394 g/mol. The minimum Gasteiger partial charge on any atom is -0.452 e. The Kier molecular flexibility index (Phi) is 7.96. The van der Waals surface area contributed by atoms with Gasteiger partial charge in [-0.2, -0.15) is 5.10 Å². The first-order chi connectivity index (χ1) is 13.7. The first-order valence-electron chi connectivity index (χ1n) is 9.42. The van der Waals surface area contributed by atoms with Crippen LogP contribution in [0.5, 0.6) is 0 Å². The Balaban J connectivity index is 1.96. The third-order valence-corrected chi connectivity index (χ3v) is 4.63. The zero-order valence-electron chi connectivity index (χ0n) is 17.1. The van der Waals surface area contributed by atoms with Gasteiger partial charge in [-0.05, 0) is 31.7 Å². The summed E-state index contributed by atoms with van der Waals surface area (Å²) in [4.78, 5) is 36.5. The van der Waals surface area contributed by atoms with Crippen LogP contribution in [0.15, 0.2) is 30.3 Å². The monoisotopic (exact) mass is 419 g/mol. The molecule has 2 aromatic rings. The highest BCUT2D eigenvalue weighted by Gasteiger charge is 2.24. The zero-order valence-corrected chi connectivity index (χ0v) is 17.8. The van der Waals surface area contributed by atoms with E-state index in [1.807, 2.05) is 44.2 Å². The maximum absolute atomic E-state index is 12.4. The Morgan fingerprint density at radius 2 is 1.86 bits per heavy atom. The van der Waals surface area contributed by atoms with Gasteiger partial charge >= 0.3 is 5.97 Å². The van der Waals surface area contributed by atoms with E-state index in [1.54, 1.807) is 11.6 Å². The number of ketones is 1. The molecular formula is C21H26ClN3O4. The van der Waals surface area contributed by atoms with Gasteiger partial charge in [-0.25, -0.2) is 4.79 Å². The Morgan fingerprint density at radius 3 is 2.45 bits per heavy atom. The molecule has 0 saturated heterocycles. The minimum atomic E-state index is -0.722. The predicted octanol–water partition coefficient (Wildman–Crippen LogP) is 2.97. The fraction of sp³-hybridized carbons (Fsp3) is 0.429. The number of carbonyl (C=O) groups is 3. The predicted molar refractivity (Wildman–Crippen MR) is 110 cm³/mol. The topological polar surface area (TPSA) is 90.3 Å². The number of aryl methyl sites for hydroxylation is 1. The van der Waals surface area contributed by atoms with Gasteiger partial charge in [-0.3, -0.25) is 14.3 Å². The Bertz CT molecular complexity index is 878. The van der Waals surface area contributed by atoms with Gasteiger partial charge in [0.1, 0.15) is 10.7 Å². The lowest BCUT2D eigenvalue weighted by Gasteiger charge is -2.16. The molecule has 1 N–H and O–H groups in total. The lowest BCUT2D eigenvalue weighted by molar-refractivity contribution is -0.128. The van der Waals surface area contributed by atoms with Crippen molar-refractivity contribution in [3.63, 3.8) is 0 Å². The molecule has 29 heavy (non-hydrogen) atoms. The second kappa shape index (κ2) is 10.2. The van der Waals surface area contributed by atoms with Crippen LogP contribution in [-0.4, -0.2) is 40.1 Å². The van der Waals surface area contributed by atoms with Crippen LogP contribution in [0.1, 0.15) is 42.4 Å². The number of nitrogens with zero attached hydrogens (tertiary/aromatic N) is 2. The second-order valence-corrected chi connectivity index (χ2v) is 7.68. The number of amides is 1. The van der Waals surface area contributed by atoms with Crippen molar-refractivity contribution in [1.82, 2.24) is 15.1 Å². The molecule has 0 radical (unpaired) electrons. The summed E-state index contributed by atoms with van der Waals surface area (Å²) < 4.78 is 6.65. The maximum Gasteiger partial charge on any atom is 0.343 e. The minimum absolute atomic E-state index is 0.146. The Morgan fingerprint density at radius 1 is 1.21 bits per heavy atom. The summed E-state index contributed by atoms with van der Waals surface area (Å²) in [6.07, 6.45) is 0.364. The smallest absolute Gasteiger partial charge is 0.343 e. The number of aromatic nitrogens is 2. The van der Waals surface area contributed by atoms with Crippen molar-refractivity contribution in [3.8, 4) is 0 Å². The van der Waals surface area contributed by atoms with E-state index in [9.17, 15) is 14.4 Å². The molecule has 2 rings (SSSR count). The van der Waals surface area contributed by atoms with E-state index in [2.05, 4.69) is 10.4 Å². The van der Waals surface area contributed by atoms with Gasteiger partial charge in [0.25, 0.3) is 5.91 Å².